The lowest BCUT2D eigenvalue weighted by Crippen LogP contribution is -2.19. The van der Waals surface area contributed by atoms with E-state index in [1.165, 1.54) is 11.1 Å². The summed E-state index contributed by atoms with van der Waals surface area (Å²) in [6, 6.07) is 8.20. The van der Waals surface area contributed by atoms with Crippen LogP contribution in [-0.4, -0.2) is 31.4 Å². The highest BCUT2D eigenvalue weighted by Crippen LogP contribution is 2.22. The van der Waals surface area contributed by atoms with Gasteiger partial charge in [0.05, 0.1) is 6.61 Å². The van der Waals surface area contributed by atoms with Crippen LogP contribution >= 0.6 is 0 Å². The lowest BCUT2D eigenvalue weighted by atomic mass is 10.0. The normalized spacial score (nSPS) is 15.5. The molecule has 0 spiro atoms. The summed E-state index contributed by atoms with van der Waals surface area (Å²) in [6.07, 6.45) is 4.01. The summed E-state index contributed by atoms with van der Waals surface area (Å²) in [6.45, 7) is 2.77. The predicted octanol–water partition coefficient (Wildman–Crippen LogP) is 1.82. The van der Waals surface area contributed by atoms with Crippen LogP contribution in [0.1, 0.15) is 18.4 Å². The molecule has 1 aliphatic heterocycles. The smallest absolute Gasteiger partial charge is 0.119 e. The highest BCUT2D eigenvalue weighted by molar-refractivity contribution is 5.67. The topological polar surface area (TPSA) is 41.5 Å². The first-order valence-electron chi connectivity index (χ1n) is 6.14. The summed E-state index contributed by atoms with van der Waals surface area (Å²) in [5, 5.41) is 12.0. The van der Waals surface area contributed by atoms with Crippen molar-refractivity contribution in [2.24, 2.45) is 0 Å². The fourth-order valence-corrected chi connectivity index (χ4v) is 1.90. The maximum Gasteiger partial charge on any atom is 0.119 e. The van der Waals surface area contributed by atoms with E-state index in [1.807, 2.05) is 12.1 Å². The third kappa shape index (κ3) is 3.58. The van der Waals surface area contributed by atoms with Gasteiger partial charge in [0.25, 0.3) is 0 Å². The highest BCUT2D eigenvalue weighted by atomic mass is 16.5. The minimum atomic E-state index is 0.179. The second-order valence-corrected chi connectivity index (χ2v) is 4.13. The van der Waals surface area contributed by atoms with Crippen LogP contribution in [0.2, 0.25) is 0 Å². The number of benzene rings is 1. The maximum absolute atomic E-state index is 8.67. The minimum absolute atomic E-state index is 0.179. The van der Waals surface area contributed by atoms with Gasteiger partial charge >= 0.3 is 0 Å². The van der Waals surface area contributed by atoms with Crippen LogP contribution in [0.5, 0.6) is 5.75 Å². The zero-order valence-electron chi connectivity index (χ0n) is 9.98. The van der Waals surface area contributed by atoms with Crippen molar-refractivity contribution in [3.05, 3.63) is 35.9 Å². The van der Waals surface area contributed by atoms with Gasteiger partial charge in [-0.15, -0.1) is 0 Å². The number of ether oxygens (including phenoxy) is 1. The Balaban J connectivity index is 1.95. The number of nitrogens with one attached hydrogen (secondary N) is 1. The molecule has 0 bridgehead atoms. The number of aliphatic hydroxyl groups excluding tert-OH is 1. The first-order valence-corrected chi connectivity index (χ1v) is 6.14. The van der Waals surface area contributed by atoms with Crippen molar-refractivity contribution in [2.45, 2.75) is 12.8 Å². The predicted molar refractivity (Wildman–Crippen MR) is 69.1 cm³/mol. The molecule has 1 aromatic carbocycles. The van der Waals surface area contributed by atoms with Gasteiger partial charge in [0.2, 0.25) is 0 Å². The Morgan fingerprint density at radius 3 is 2.71 bits per heavy atom. The van der Waals surface area contributed by atoms with Crippen LogP contribution in [0, 0.1) is 0 Å². The fourth-order valence-electron chi connectivity index (χ4n) is 1.90. The third-order valence-electron chi connectivity index (χ3n) is 2.86. The van der Waals surface area contributed by atoms with Crippen molar-refractivity contribution in [1.82, 2.24) is 5.32 Å². The molecule has 0 atom stereocenters. The summed E-state index contributed by atoms with van der Waals surface area (Å²) in [5.41, 5.74) is 2.69. The van der Waals surface area contributed by atoms with Crippen LogP contribution in [0.25, 0.3) is 5.57 Å². The summed E-state index contributed by atoms with van der Waals surface area (Å²) in [4.78, 5) is 0. The van der Waals surface area contributed by atoms with Gasteiger partial charge in [-0.3, -0.25) is 0 Å². The van der Waals surface area contributed by atoms with E-state index in [1.54, 1.807) is 0 Å². The Kier molecular flexibility index (Phi) is 4.59. The Morgan fingerprint density at radius 2 is 2.06 bits per heavy atom. The number of hydrogen-bond donors (Lipinski definition) is 2. The molecule has 0 radical (unpaired) electrons. The fraction of sp³-hybridized carbons (Fsp3) is 0.429. The first-order chi connectivity index (χ1) is 8.40. The van der Waals surface area contributed by atoms with E-state index in [-0.39, 0.29) is 6.61 Å². The van der Waals surface area contributed by atoms with Gasteiger partial charge in [-0.05, 0) is 36.2 Å². The molecule has 0 aliphatic carbocycles. The Bertz CT molecular complexity index is 370. The molecule has 1 heterocycles. The van der Waals surface area contributed by atoms with E-state index in [4.69, 9.17) is 9.84 Å². The van der Waals surface area contributed by atoms with Crippen molar-refractivity contribution < 1.29 is 9.84 Å². The van der Waals surface area contributed by atoms with Gasteiger partial charge in [0, 0.05) is 19.6 Å². The molecule has 0 amide bonds. The molecular formula is C14H19NO2. The average Bonchev–Trinajstić information content (AvgIpc) is 2.41. The van der Waals surface area contributed by atoms with Gasteiger partial charge in [-0.2, -0.15) is 0 Å². The summed E-state index contributed by atoms with van der Waals surface area (Å²) < 4.78 is 5.50. The second-order valence-electron chi connectivity index (χ2n) is 4.13. The molecular weight excluding hydrogens is 214 g/mol. The van der Waals surface area contributed by atoms with Crippen LogP contribution < -0.4 is 10.1 Å². The van der Waals surface area contributed by atoms with Gasteiger partial charge in [0.1, 0.15) is 5.75 Å². The minimum Gasteiger partial charge on any atom is -0.494 e. The van der Waals surface area contributed by atoms with Crippen molar-refractivity contribution in [2.75, 3.05) is 26.3 Å². The molecule has 3 heteroatoms. The number of hydrogen-bond acceptors (Lipinski definition) is 3. The van der Waals surface area contributed by atoms with Gasteiger partial charge in [0.15, 0.2) is 0 Å². The van der Waals surface area contributed by atoms with Crippen LogP contribution in [0.4, 0.5) is 0 Å². The van der Waals surface area contributed by atoms with E-state index in [0.29, 0.717) is 13.0 Å². The Labute approximate surface area is 102 Å². The zero-order chi connectivity index (χ0) is 11.9. The lowest BCUT2D eigenvalue weighted by molar-refractivity contribution is 0.233. The van der Waals surface area contributed by atoms with Crippen LogP contribution in [0.15, 0.2) is 30.3 Å². The molecule has 0 saturated heterocycles. The lowest BCUT2D eigenvalue weighted by Gasteiger charge is -2.14. The molecule has 1 aliphatic rings. The maximum atomic E-state index is 8.67. The molecule has 17 heavy (non-hydrogen) atoms. The number of aliphatic hydroxyl groups is 1. The Morgan fingerprint density at radius 1 is 1.24 bits per heavy atom. The molecule has 0 aromatic heterocycles. The van der Waals surface area contributed by atoms with Gasteiger partial charge < -0.3 is 15.2 Å². The Hall–Kier alpha value is -1.32. The van der Waals surface area contributed by atoms with E-state index >= 15 is 0 Å². The van der Waals surface area contributed by atoms with Crippen LogP contribution in [0.3, 0.4) is 0 Å². The van der Waals surface area contributed by atoms with E-state index in [2.05, 4.69) is 23.5 Å². The molecule has 2 N–H and O–H groups in total. The van der Waals surface area contributed by atoms with Crippen LogP contribution in [-0.2, 0) is 0 Å². The molecule has 92 valence electrons. The second kappa shape index (κ2) is 6.42. The monoisotopic (exact) mass is 233 g/mol. The largest absolute Gasteiger partial charge is 0.494 e. The number of rotatable bonds is 5. The SMILES string of the molecule is OCCCOc1ccc(C2=CCNCC2)cc1. The summed E-state index contributed by atoms with van der Waals surface area (Å²) >= 11 is 0. The average molecular weight is 233 g/mol. The van der Waals surface area contributed by atoms with Crippen molar-refractivity contribution in [3.63, 3.8) is 0 Å². The zero-order valence-corrected chi connectivity index (χ0v) is 9.98. The molecule has 2 rings (SSSR count). The molecule has 0 saturated carbocycles. The first kappa shape index (κ1) is 12.1. The summed E-state index contributed by atoms with van der Waals surface area (Å²) in [7, 11) is 0. The summed E-state index contributed by atoms with van der Waals surface area (Å²) in [5.74, 6) is 0.872. The molecule has 0 unspecified atom stereocenters. The van der Waals surface area contributed by atoms with E-state index in [9.17, 15) is 0 Å². The van der Waals surface area contributed by atoms with E-state index < -0.39 is 0 Å². The molecule has 1 aromatic rings. The van der Waals surface area contributed by atoms with E-state index in [0.717, 1.165) is 25.3 Å². The van der Waals surface area contributed by atoms with Crippen molar-refractivity contribution >= 4 is 5.57 Å². The van der Waals surface area contributed by atoms with Crippen molar-refractivity contribution in [1.29, 1.82) is 0 Å². The third-order valence-corrected chi connectivity index (χ3v) is 2.86. The quantitative estimate of drug-likeness (QED) is 0.762. The highest BCUT2D eigenvalue weighted by Gasteiger charge is 2.05. The standard InChI is InChI=1S/C14H19NO2/c16-10-1-11-17-14-4-2-12(3-5-14)13-6-8-15-9-7-13/h2-6,15-16H,1,7-11H2. The molecule has 0 fully saturated rings. The van der Waals surface area contributed by atoms with Crippen molar-refractivity contribution in [3.8, 4) is 5.75 Å². The van der Waals surface area contributed by atoms with Gasteiger partial charge in [-0.25, -0.2) is 0 Å². The molecule has 3 nitrogen and oxygen atoms in total. The van der Waals surface area contributed by atoms with Gasteiger partial charge in [-0.1, -0.05) is 18.2 Å².